The average molecular weight is 414 g/mol. The number of benzene rings is 2. The zero-order valence-electron chi connectivity index (χ0n) is 15.9. The van der Waals surface area contributed by atoms with Crippen LogP contribution in [0, 0.1) is 6.92 Å². The molecule has 1 aliphatic carbocycles. The highest BCUT2D eigenvalue weighted by atomic mass is 32.2. The van der Waals surface area contributed by atoms with Crippen LogP contribution < -0.4 is 0 Å². The molecule has 2 aromatic carbocycles. The minimum Gasteiger partial charge on any atom is -0.480 e. The van der Waals surface area contributed by atoms with Gasteiger partial charge in [0.2, 0.25) is 15.9 Å². The number of amides is 1. The number of aryl methyl sites for hydroxylation is 1. The minimum absolute atomic E-state index is 0.0263. The quantitative estimate of drug-likeness (QED) is 0.809. The van der Waals surface area contributed by atoms with Gasteiger partial charge >= 0.3 is 5.97 Å². The van der Waals surface area contributed by atoms with Gasteiger partial charge in [-0.25, -0.2) is 8.42 Å². The number of sulfonamides is 1. The first kappa shape index (κ1) is 19.6. The number of carboxylic acids is 1. The van der Waals surface area contributed by atoms with Crippen LogP contribution >= 0.6 is 0 Å². The van der Waals surface area contributed by atoms with Gasteiger partial charge in [-0.05, 0) is 37.5 Å². The maximum Gasteiger partial charge on any atom is 0.324 e. The van der Waals surface area contributed by atoms with Crippen LogP contribution in [0.5, 0.6) is 0 Å². The second-order valence-corrected chi connectivity index (χ2v) is 9.42. The summed E-state index contributed by atoms with van der Waals surface area (Å²) in [5, 5.41) is 10.1. The molecule has 1 heterocycles. The molecule has 0 spiro atoms. The van der Waals surface area contributed by atoms with Crippen molar-refractivity contribution in [1.82, 2.24) is 9.21 Å². The summed E-state index contributed by atoms with van der Waals surface area (Å²) in [7, 11) is -4.16. The molecule has 4 rings (SSSR count). The van der Waals surface area contributed by atoms with E-state index >= 15 is 0 Å². The summed E-state index contributed by atoms with van der Waals surface area (Å²) in [6, 6.07) is 12.6. The number of nitrogens with zero attached hydrogens (tertiary/aromatic N) is 2. The highest BCUT2D eigenvalue weighted by Gasteiger charge is 2.53. The molecule has 1 aliphatic heterocycles. The maximum absolute atomic E-state index is 13.3. The van der Waals surface area contributed by atoms with Gasteiger partial charge in [0.25, 0.3) is 0 Å². The first-order valence-corrected chi connectivity index (χ1v) is 10.9. The van der Waals surface area contributed by atoms with Gasteiger partial charge in [0, 0.05) is 6.04 Å². The van der Waals surface area contributed by atoms with Crippen LogP contribution in [0.4, 0.5) is 0 Å². The summed E-state index contributed by atoms with van der Waals surface area (Å²) in [4.78, 5) is 26.9. The van der Waals surface area contributed by atoms with E-state index in [1.54, 1.807) is 35.2 Å². The van der Waals surface area contributed by atoms with E-state index in [0.717, 1.165) is 22.7 Å². The SMILES string of the molecule is Cc1ccc(C2C(C(=O)O)N(S(=O)(=O)c3ccccc3)CC(=O)N2C2CC2)cc1. The van der Waals surface area contributed by atoms with Gasteiger partial charge < -0.3 is 10.0 Å². The van der Waals surface area contributed by atoms with E-state index in [2.05, 4.69) is 0 Å². The molecule has 1 saturated carbocycles. The van der Waals surface area contributed by atoms with Crippen molar-refractivity contribution >= 4 is 21.9 Å². The molecule has 152 valence electrons. The molecule has 7 nitrogen and oxygen atoms in total. The number of piperazine rings is 1. The topological polar surface area (TPSA) is 95.0 Å². The fourth-order valence-corrected chi connectivity index (χ4v) is 5.45. The third-order valence-corrected chi connectivity index (χ3v) is 7.29. The smallest absolute Gasteiger partial charge is 0.324 e. The highest BCUT2D eigenvalue weighted by Crippen LogP contribution is 2.42. The zero-order chi connectivity index (χ0) is 20.8. The molecule has 8 heteroatoms. The van der Waals surface area contributed by atoms with Crippen LogP contribution in [-0.4, -0.2) is 53.2 Å². The zero-order valence-corrected chi connectivity index (χ0v) is 16.7. The number of carboxylic acid groups (broad SMARTS) is 1. The third-order valence-electron chi connectivity index (χ3n) is 5.45. The fourth-order valence-electron chi connectivity index (χ4n) is 3.89. The van der Waals surface area contributed by atoms with Crippen molar-refractivity contribution in [3.8, 4) is 0 Å². The van der Waals surface area contributed by atoms with Gasteiger partial charge in [0.1, 0.15) is 6.04 Å². The Bertz CT molecular complexity index is 1030. The van der Waals surface area contributed by atoms with Crippen LogP contribution in [0.2, 0.25) is 0 Å². The number of carbonyl (C=O) groups is 2. The van der Waals surface area contributed by atoms with Gasteiger partial charge in [-0.1, -0.05) is 48.0 Å². The lowest BCUT2D eigenvalue weighted by molar-refractivity contribution is -0.153. The van der Waals surface area contributed by atoms with Crippen LogP contribution in [0.3, 0.4) is 0 Å². The molecule has 0 aromatic heterocycles. The van der Waals surface area contributed by atoms with Gasteiger partial charge in [0.05, 0.1) is 17.5 Å². The van der Waals surface area contributed by atoms with Crippen molar-refractivity contribution in [2.24, 2.45) is 0 Å². The molecule has 2 unspecified atom stereocenters. The Morgan fingerprint density at radius 3 is 2.21 bits per heavy atom. The van der Waals surface area contributed by atoms with Crippen molar-refractivity contribution in [2.75, 3.05) is 6.54 Å². The van der Waals surface area contributed by atoms with E-state index < -0.39 is 34.6 Å². The van der Waals surface area contributed by atoms with Crippen molar-refractivity contribution in [1.29, 1.82) is 0 Å². The van der Waals surface area contributed by atoms with Crippen LogP contribution in [-0.2, 0) is 19.6 Å². The summed E-state index contributed by atoms with van der Waals surface area (Å²) in [6.07, 6.45) is 1.59. The molecule has 0 radical (unpaired) electrons. The third kappa shape index (κ3) is 3.54. The Morgan fingerprint density at radius 1 is 1.03 bits per heavy atom. The molecule has 0 bridgehead atoms. The molecule has 29 heavy (non-hydrogen) atoms. The first-order valence-electron chi connectivity index (χ1n) is 9.48. The second-order valence-electron chi connectivity index (χ2n) is 7.53. The number of rotatable bonds is 5. The number of carbonyl (C=O) groups excluding carboxylic acids is 1. The Morgan fingerprint density at radius 2 is 1.66 bits per heavy atom. The largest absolute Gasteiger partial charge is 0.480 e. The van der Waals surface area contributed by atoms with Crippen molar-refractivity contribution in [3.63, 3.8) is 0 Å². The lowest BCUT2D eigenvalue weighted by atomic mass is 9.94. The minimum atomic E-state index is -4.16. The van der Waals surface area contributed by atoms with Gasteiger partial charge in [-0.15, -0.1) is 0 Å². The second kappa shape index (κ2) is 7.27. The van der Waals surface area contributed by atoms with E-state index in [0.29, 0.717) is 5.56 Å². The maximum atomic E-state index is 13.3. The van der Waals surface area contributed by atoms with E-state index in [4.69, 9.17) is 0 Å². The molecule has 2 fully saturated rings. The first-order chi connectivity index (χ1) is 13.8. The van der Waals surface area contributed by atoms with Crippen molar-refractivity contribution in [2.45, 2.75) is 42.8 Å². The highest BCUT2D eigenvalue weighted by molar-refractivity contribution is 7.89. The van der Waals surface area contributed by atoms with E-state index in [9.17, 15) is 23.1 Å². The summed E-state index contributed by atoms with van der Waals surface area (Å²) in [5.74, 6) is -1.64. The molecular weight excluding hydrogens is 392 g/mol. The Balaban J connectivity index is 1.84. The molecule has 2 atom stereocenters. The summed E-state index contributed by atoms with van der Waals surface area (Å²) >= 11 is 0. The lowest BCUT2D eigenvalue weighted by Gasteiger charge is -2.45. The summed E-state index contributed by atoms with van der Waals surface area (Å²) in [6.45, 7) is 1.43. The average Bonchev–Trinajstić information content (AvgIpc) is 3.53. The lowest BCUT2D eigenvalue weighted by Crippen LogP contribution is -2.62. The number of hydrogen-bond acceptors (Lipinski definition) is 4. The normalized spacial score (nSPS) is 23.2. The Kier molecular flexibility index (Phi) is 4.92. The van der Waals surface area contributed by atoms with Gasteiger partial charge in [-0.2, -0.15) is 4.31 Å². The Hall–Kier alpha value is -2.71. The Labute approximate surface area is 169 Å². The van der Waals surface area contributed by atoms with E-state index in [1.165, 1.54) is 12.1 Å². The van der Waals surface area contributed by atoms with Crippen molar-refractivity contribution in [3.05, 3.63) is 65.7 Å². The standard InChI is InChI=1S/C21H22N2O5S/c1-14-7-9-15(10-8-14)19-20(21(25)26)22(13-18(24)23(19)16-11-12-16)29(27,28)17-5-3-2-4-6-17/h2-10,16,19-20H,11-13H2,1H3,(H,25,26). The molecular formula is C21H22N2O5S. The molecule has 2 aliphatic rings. The number of hydrogen-bond donors (Lipinski definition) is 1. The summed E-state index contributed by atoms with van der Waals surface area (Å²) < 4.78 is 27.4. The predicted molar refractivity (Wildman–Crippen MR) is 106 cm³/mol. The van der Waals surface area contributed by atoms with Crippen LogP contribution in [0.1, 0.15) is 30.0 Å². The predicted octanol–water partition coefficient (Wildman–Crippen LogP) is 2.18. The monoisotopic (exact) mass is 414 g/mol. The van der Waals surface area contributed by atoms with E-state index in [1.807, 2.05) is 19.1 Å². The van der Waals surface area contributed by atoms with Crippen molar-refractivity contribution < 1.29 is 23.1 Å². The summed E-state index contributed by atoms with van der Waals surface area (Å²) in [5.41, 5.74) is 1.62. The van der Waals surface area contributed by atoms with Crippen LogP contribution in [0.15, 0.2) is 59.5 Å². The molecule has 1 N–H and O–H groups in total. The van der Waals surface area contributed by atoms with E-state index in [-0.39, 0.29) is 16.8 Å². The van der Waals surface area contributed by atoms with Gasteiger partial charge in [-0.3, -0.25) is 9.59 Å². The fraction of sp³-hybridized carbons (Fsp3) is 0.333. The molecule has 2 aromatic rings. The van der Waals surface area contributed by atoms with Gasteiger partial charge in [0.15, 0.2) is 0 Å². The van der Waals surface area contributed by atoms with Crippen LogP contribution in [0.25, 0.3) is 0 Å². The molecule has 1 amide bonds. The molecule has 1 saturated heterocycles. The number of aliphatic carboxylic acids is 1.